The van der Waals surface area contributed by atoms with Crippen LogP contribution in [0.25, 0.3) is 39.1 Å². The van der Waals surface area contributed by atoms with Gasteiger partial charge in [-0.15, -0.1) is 11.8 Å². The summed E-state index contributed by atoms with van der Waals surface area (Å²) in [6.07, 6.45) is 2.05. The SMILES string of the molecule is CCC(C)(CCOC(C)CCC(=O)NC(Cc1ccccc1)C(=O)NCCSc1cc(O)n(-c2ccc(-c3c4cc(F)c(=O)cc-4oc4cc(O)c(F)cc34)c(C(=O)O)c2)c1O)OCCN. The number of fused-ring (bicyclic) bond motifs is 2. The number of carbonyl (C=O) groups excluding carboxylic acids is 2. The van der Waals surface area contributed by atoms with Gasteiger partial charge in [0.05, 0.1) is 34.5 Å². The first-order valence-corrected chi connectivity index (χ1v) is 22.3. The number of carbonyl (C=O) groups is 3. The molecule has 0 saturated heterocycles. The van der Waals surface area contributed by atoms with Gasteiger partial charge in [-0.3, -0.25) is 19.0 Å². The van der Waals surface area contributed by atoms with E-state index in [4.69, 9.17) is 19.6 Å². The van der Waals surface area contributed by atoms with Gasteiger partial charge in [0.2, 0.25) is 23.1 Å². The van der Waals surface area contributed by atoms with Crippen molar-refractivity contribution in [3.63, 3.8) is 0 Å². The number of hydrogen-bond acceptors (Lipinski definition) is 12. The zero-order valence-corrected chi connectivity index (χ0v) is 37.4. The summed E-state index contributed by atoms with van der Waals surface area (Å²) in [6, 6.07) is 17.0. The Morgan fingerprint density at radius 2 is 1.73 bits per heavy atom. The highest BCUT2D eigenvalue weighted by Gasteiger charge is 2.27. The fourth-order valence-corrected chi connectivity index (χ4v) is 8.25. The molecule has 2 aliphatic rings. The lowest BCUT2D eigenvalue weighted by atomic mass is 9.90. The fourth-order valence-electron chi connectivity index (χ4n) is 7.42. The maximum absolute atomic E-state index is 14.7. The third kappa shape index (κ3) is 11.7. The van der Waals surface area contributed by atoms with Crippen molar-refractivity contribution >= 4 is 40.5 Å². The number of ether oxygens (including phenoxy) is 2. The summed E-state index contributed by atoms with van der Waals surface area (Å²) in [7, 11) is 0. The number of hydrogen-bond donors (Lipinski definition) is 7. The molecule has 8 N–H and O–H groups in total. The Morgan fingerprint density at radius 3 is 2.44 bits per heavy atom. The summed E-state index contributed by atoms with van der Waals surface area (Å²) in [4.78, 5) is 51.8. The first-order chi connectivity index (χ1) is 31.5. The maximum atomic E-state index is 14.7. The van der Waals surface area contributed by atoms with Gasteiger partial charge < -0.3 is 50.7 Å². The Labute approximate surface area is 382 Å². The van der Waals surface area contributed by atoms with Crippen molar-refractivity contribution in [2.75, 3.05) is 32.1 Å². The standard InChI is InChI=1S/C48H52F2N4O11S/c1-4-48(3,64-18-15-51)14-17-63-27(2)10-13-42(57)53-36(20-28-8-6-5-7-9-28)45(59)52-16-19-66-41-26-43(58)54(46(41)60)29-11-12-30(31(21-29)47(61)62)44-32-22-34(49)37(55)24-39(32)65-40-25-38(56)35(50)23-33(40)44/h5-9,11-12,21-27,36,55,58,60H,4,10,13-20,51H2,1-3H3,(H,52,59)(H,53,57)(H,61,62). The summed E-state index contributed by atoms with van der Waals surface area (Å²) in [5, 5.41) is 48.4. The number of aromatic hydroxyl groups is 3. The second-order valence-corrected chi connectivity index (χ2v) is 17.1. The third-order valence-electron chi connectivity index (χ3n) is 11.2. The second kappa shape index (κ2) is 21.7. The van der Waals surface area contributed by atoms with Gasteiger partial charge in [-0.2, -0.15) is 0 Å². The number of aromatic nitrogens is 1. The molecule has 2 heterocycles. The quantitative estimate of drug-likeness (QED) is 0.0205. The van der Waals surface area contributed by atoms with Crippen molar-refractivity contribution in [3.05, 3.63) is 112 Å². The van der Waals surface area contributed by atoms with Gasteiger partial charge in [0.15, 0.2) is 23.3 Å². The van der Waals surface area contributed by atoms with Crippen LogP contribution in [0.1, 0.15) is 62.4 Å². The molecule has 66 heavy (non-hydrogen) atoms. The maximum Gasteiger partial charge on any atom is 0.336 e. The van der Waals surface area contributed by atoms with E-state index in [1.165, 1.54) is 18.2 Å². The van der Waals surface area contributed by atoms with E-state index in [2.05, 4.69) is 10.6 Å². The largest absolute Gasteiger partial charge is 0.505 e. The average Bonchev–Trinajstić information content (AvgIpc) is 3.58. The molecule has 3 atom stereocenters. The Kier molecular flexibility index (Phi) is 16.1. The van der Waals surface area contributed by atoms with E-state index in [1.807, 2.05) is 51.1 Å². The van der Waals surface area contributed by atoms with Crippen LogP contribution in [0.2, 0.25) is 0 Å². The first-order valence-electron chi connectivity index (χ1n) is 21.3. The molecule has 4 aromatic rings. The van der Waals surface area contributed by atoms with E-state index in [-0.39, 0.29) is 86.8 Å². The van der Waals surface area contributed by atoms with Crippen LogP contribution in [0.3, 0.4) is 0 Å². The minimum absolute atomic E-state index is 0.00485. The molecule has 0 bridgehead atoms. The van der Waals surface area contributed by atoms with Gasteiger partial charge in [-0.05, 0) is 68.5 Å². The molecule has 1 aromatic heterocycles. The molecule has 350 valence electrons. The lowest BCUT2D eigenvalue weighted by Crippen LogP contribution is -2.48. The molecule has 15 nitrogen and oxygen atoms in total. The van der Waals surface area contributed by atoms with Crippen molar-refractivity contribution in [1.82, 2.24) is 15.2 Å². The van der Waals surface area contributed by atoms with E-state index in [0.29, 0.717) is 32.6 Å². The minimum Gasteiger partial charge on any atom is -0.505 e. The Balaban J connectivity index is 1.12. The van der Waals surface area contributed by atoms with Crippen molar-refractivity contribution in [3.8, 4) is 45.6 Å². The number of benzene rings is 4. The van der Waals surface area contributed by atoms with Crippen LogP contribution in [-0.4, -0.2) is 92.6 Å². The summed E-state index contributed by atoms with van der Waals surface area (Å²) >= 11 is 1.09. The Hall–Kier alpha value is -6.47. The average molecular weight is 931 g/mol. The highest BCUT2D eigenvalue weighted by Crippen LogP contribution is 2.44. The van der Waals surface area contributed by atoms with Gasteiger partial charge in [-0.1, -0.05) is 43.3 Å². The minimum atomic E-state index is -1.48. The van der Waals surface area contributed by atoms with Crippen molar-refractivity contribution in [1.29, 1.82) is 0 Å². The van der Waals surface area contributed by atoms with Gasteiger partial charge >= 0.3 is 5.97 Å². The monoisotopic (exact) mass is 930 g/mol. The van der Waals surface area contributed by atoms with Gasteiger partial charge in [0.1, 0.15) is 17.4 Å². The van der Waals surface area contributed by atoms with Crippen LogP contribution < -0.4 is 21.8 Å². The Morgan fingerprint density at radius 1 is 0.970 bits per heavy atom. The molecule has 0 spiro atoms. The van der Waals surface area contributed by atoms with Crippen LogP contribution in [-0.2, 0) is 25.5 Å². The first kappa shape index (κ1) is 49.0. The van der Waals surface area contributed by atoms with E-state index in [9.17, 15) is 48.4 Å². The third-order valence-corrected chi connectivity index (χ3v) is 12.3. The zero-order valence-electron chi connectivity index (χ0n) is 36.6. The molecule has 18 heteroatoms. The number of nitrogens with one attached hydrogen (secondary N) is 2. The zero-order chi connectivity index (χ0) is 47.7. The summed E-state index contributed by atoms with van der Waals surface area (Å²) < 4.78 is 47.9. The number of halogens is 2. The summed E-state index contributed by atoms with van der Waals surface area (Å²) in [5.41, 5.74) is 4.40. The van der Waals surface area contributed by atoms with Crippen molar-refractivity contribution in [2.45, 2.75) is 75.5 Å². The van der Waals surface area contributed by atoms with Gasteiger partial charge in [0.25, 0.3) is 0 Å². The molecule has 1 aliphatic carbocycles. The lowest BCUT2D eigenvalue weighted by molar-refractivity contribution is -0.129. The smallest absolute Gasteiger partial charge is 0.336 e. The van der Waals surface area contributed by atoms with Crippen molar-refractivity contribution < 1.29 is 57.5 Å². The number of nitrogens with zero attached hydrogens (tertiary/aromatic N) is 1. The molecule has 0 saturated carbocycles. The molecular weight excluding hydrogens is 879 g/mol. The second-order valence-electron chi connectivity index (χ2n) is 16.0. The fraction of sp³-hybridized carbons (Fsp3) is 0.333. The number of phenolic OH excluding ortho intramolecular Hbond substituents is 1. The van der Waals surface area contributed by atoms with E-state index < -0.39 is 58.1 Å². The van der Waals surface area contributed by atoms with Gasteiger partial charge in [0, 0.05) is 73.0 Å². The molecule has 1 aliphatic heterocycles. The predicted octanol–water partition coefficient (Wildman–Crippen LogP) is 7.10. The number of nitrogens with two attached hydrogens (primary N) is 1. The number of carboxylic acids is 1. The van der Waals surface area contributed by atoms with Crippen LogP contribution in [0.5, 0.6) is 17.5 Å². The molecular formula is C48H52F2N4O11S. The highest BCUT2D eigenvalue weighted by atomic mass is 32.2. The number of carboxylic acid groups (broad SMARTS) is 1. The molecule has 3 unspecified atom stereocenters. The summed E-state index contributed by atoms with van der Waals surface area (Å²) in [6.45, 7) is 7.38. The lowest BCUT2D eigenvalue weighted by Gasteiger charge is -2.29. The molecule has 0 fully saturated rings. The Bertz CT molecular complexity index is 2730. The van der Waals surface area contributed by atoms with Crippen LogP contribution in [0.4, 0.5) is 8.78 Å². The number of amides is 2. The summed E-state index contributed by atoms with van der Waals surface area (Å²) in [5.74, 6) is -6.09. The number of thioether (sulfide) groups is 1. The number of phenols is 1. The van der Waals surface area contributed by atoms with Crippen LogP contribution in [0.15, 0.2) is 93.0 Å². The van der Waals surface area contributed by atoms with E-state index in [0.717, 1.165) is 58.6 Å². The van der Waals surface area contributed by atoms with Crippen LogP contribution >= 0.6 is 11.8 Å². The number of aromatic carboxylic acids is 1. The van der Waals surface area contributed by atoms with Crippen LogP contribution in [0, 0.1) is 11.6 Å². The normalized spacial score (nSPS) is 13.4. The molecule has 6 rings (SSSR count). The van der Waals surface area contributed by atoms with E-state index in [1.54, 1.807) is 0 Å². The van der Waals surface area contributed by atoms with Crippen molar-refractivity contribution in [2.24, 2.45) is 5.73 Å². The topological polar surface area (TPSA) is 236 Å². The molecule has 2 amide bonds. The highest BCUT2D eigenvalue weighted by molar-refractivity contribution is 7.99. The molecule has 3 aromatic carbocycles. The molecule has 0 radical (unpaired) electrons. The van der Waals surface area contributed by atoms with E-state index >= 15 is 0 Å². The van der Waals surface area contributed by atoms with Gasteiger partial charge in [-0.25, -0.2) is 13.6 Å². The number of rotatable bonds is 22. The predicted molar refractivity (Wildman–Crippen MR) is 245 cm³/mol.